The van der Waals surface area contributed by atoms with Crippen LogP contribution in [0.3, 0.4) is 0 Å². The number of aliphatic hydroxyl groups excluding tert-OH is 1. The number of rotatable bonds is 13. The molecule has 1 atom stereocenters. The van der Waals surface area contributed by atoms with Crippen LogP contribution in [0.25, 0.3) is 0 Å². The zero-order chi connectivity index (χ0) is 22.5. The van der Waals surface area contributed by atoms with E-state index < -0.39 is 27.9 Å². The second-order valence-corrected chi connectivity index (χ2v) is 8.67. The van der Waals surface area contributed by atoms with Gasteiger partial charge in [-0.1, -0.05) is 0 Å². The van der Waals surface area contributed by atoms with Crippen LogP contribution in [-0.2, 0) is 9.59 Å². The van der Waals surface area contributed by atoms with E-state index in [4.69, 9.17) is 0 Å². The number of aliphatic hydroxyl groups is 1. The number of hydrogen-bond acceptors (Lipinski definition) is 9. The SMILES string of the molecule is CC(=O)C(C)(C)NCC(CNC(C)(C)C(C)=O)CC(O)CC1([N+](=O)[O-])N=CC=N1. The maximum atomic E-state index is 11.8. The molecule has 1 aliphatic heterocycles. The number of hydrogen-bond donors (Lipinski definition) is 3. The summed E-state index contributed by atoms with van der Waals surface area (Å²) >= 11 is 0. The largest absolute Gasteiger partial charge is 0.414 e. The summed E-state index contributed by atoms with van der Waals surface area (Å²) in [5.41, 5.74) is -1.50. The van der Waals surface area contributed by atoms with Gasteiger partial charge < -0.3 is 15.7 Å². The summed E-state index contributed by atoms with van der Waals surface area (Å²) in [6.45, 7) is 10.8. The van der Waals surface area contributed by atoms with Gasteiger partial charge in [0.1, 0.15) is 11.6 Å². The van der Waals surface area contributed by atoms with Crippen molar-refractivity contribution in [1.82, 2.24) is 10.6 Å². The molecule has 0 amide bonds. The number of nitro groups is 1. The standard InChI is InChI=1S/C19H33N5O5/c1-13(25)17(3,4)22-11-15(12-23-18(5,6)14(2)26)9-16(27)10-19(24(28)29)20-7-8-21-19/h7-8,15-16,22-23,27H,9-12H2,1-6H3. The van der Waals surface area contributed by atoms with E-state index >= 15 is 0 Å². The molecule has 0 radical (unpaired) electrons. The van der Waals surface area contributed by atoms with Gasteiger partial charge in [0.2, 0.25) is 0 Å². The topological polar surface area (TPSA) is 146 Å². The number of carbonyl (C=O) groups excluding carboxylic acids is 2. The van der Waals surface area contributed by atoms with Crippen LogP contribution < -0.4 is 10.6 Å². The van der Waals surface area contributed by atoms with Crippen molar-refractivity contribution in [2.75, 3.05) is 13.1 Å². The fourth-order valence-electron chi connectivity index (χ4n) is 2.68. The summed E-state index contributed by atoms with van der Waals surface area (Å²) in [5.74, 6) is -2.14. The molecule has 1 unspecified atom stereocenters. The molecule has 0 saturated heterocycles. The highest BCUT2D eigenvalue weighted by Gasteiger charge is 2.45. The van der Waals surface area contributed by atoms with Crippen molar-refractivity contribution >= 4 is 24.0 Å². The molecule has 0 aromatic carbocycles. The van der Waals surface area contributed by atoms with Crippen molar-refractivity contribution in [1.29, 1.82) is 0 Å². The molecule has 10 nitrogen and oxygen atoms in total. The highest BCUT2D eigenvalue weighted by Crippen LogP contribution is 2.25. The van der Waals surface area contributed by atoms with Crippen molar-refractivity contribution in [3.63, 3.8) is 0 Å². The van der Waals surface area contributed by atoms with Gasteiger partial charge >= 0.3 is 5.79 Å². The molecule has 3 N–H and O–H groups in total. The molecule has 1 aliphatic rings. The normalized spacial score (nSPS) is 17.0. The number of nitrogens with zero attached hydrogens (tertiary/aromatic N) is 3. The molecule has 0 saturated carbocycles. The third kappa shape index (κ3) is 7.06. The lowest BCUT2D eigenvalue weighted by atomic mass is 9.93. The van der Waals surface area contributed by atoms with Crippen molar-refractivity contribution < 1.29 is 19.6 Å². The molecule has 0 aromatic heterocycles. The van der Waals surface area contributed by atoms with Crippen LogP contribution in [-0.4, -0.2) is 70.1 Å². The fraction of sp³-hybridized carbons (Fsp3) is 0.789. The Morgan fingerprint density at radius 3 is 1.83 bits per heavy atom. The molecular weight excluding hydrogens is 378 g/mol. The Labute approximate surface area is 171 Å². The summed E-state index contributed by atoms with van der Waals surface area (Å²) in [6, 6.07) is 0. The van der Waals surface area contributed by atoms with Crippen molar-refractivity contribution in [3.05, 3.63) is 10.1 Å². The number of Topliss-reactive ketones (excluding diaryl/α,β-unsaturated/α-hetero) is 2. The molecule has 0 aromatic rings. The lowest BCUT2D eigenvalue weighted by molar-refractivity contribution is -0.568. The zero-order valence-corrected chi connectivity index (χ0v) is 18.1. The minimum absolute atomic E-state index is 0.0317. The van der Waals surface area contributed by atoms with E-state index in [0.29, 0.717) is 13.1 Å². The maximum absolute atomic E-state index is 11.8. The molecule has 0 spiro atoms. The molecular formula is C19H33N5O5. The second kappa shape index (κ2) is 9.64. The zero-order valence-electron chi connectivity index (χ0n) is 18.1. The van der Waals surface area contributed by atoms with E-state index in [1.54, 1.807) is 27.7 Å². The molecule has 0 aliphatic carbocycles. The van der Waals surface area contributed by atoms with Gasteiger partial charge in [-0.05, 0) is 53.9 Å². The van der Waals surface area contributed by atoms with E-state index in [0.717, 1.165) is 0 Å². The molecule has 0 fully saturated rings. The van der Waals surface area contributed by atoms with Crippen molar-refractivity contribution in [2.45, 2.75) is 77.4 Å². The first-order valence-electron chi connectivity index (χ1n) is 9.65. The first-order chi connectivity index (χ1) is 13.2. The average Bonchev–Trinajstić information content (AvgIpc) is 3.06. The summed E-state index contributed by atoms with van der Waals surface area (Å²) in [6.07, 6.45) is 1.42. The Kier molecular flexibility index (Phi) is 8.31. The van der Waals surface area contributed by atoms with Crippen LogP contribution in [0.5, 0.6) is 0 Å². The minimum Gasteiger partial charge on any atom is -0.393 e. The van der Waals surface area contributed by atoms with Gasteiger partial charge in [0.25, 0.3) is 0 Å². The average molecular weight is 412 g/mol. The predicted octanol–water partition coefficient (Wildman–Crippen LogP) is 0.744. The predicted molar refractivity (Wildman–Crippen MR) is 111 cm³/mol. The monoisotopic (exact) mass is 411 g/mol. The van der Waals surface area contributed by atoms with Crippen LogP contribution in [0.1, 0.15) is 54.4 Å². The third-order valence-corrected chi connectivity index (χ3v) is 5.46. The smallest absolute Gasteiger partial charge is 0.393 e. The molecule has 0 bridgehead atoms. The first kappa shape index (κ1) is 25.0. The van der Waals surface area contributed by atoms with Gasteiger partial charge in [-0.2, -0.15) is 9.98 Å². The van der Waals surface area contributed by atoms with Crippen LogP contribution >= 0.6 is 0 Å². The van der Waals surface area contributed by atoms with Crippen LogP contribution in [0.2, 0.25) is 0 Å². The maximum Gasteiger partial charge on any atom is 0.414 e. The molecule has 29 heavy (non-hydrogen) atoms. The van der Waals surface area contributed by atoms with Crippen LogP contribution in [0.4, 0.5) is 0 Å². The van der Waals surface area contributed by atoms with Crippen molar-refractivity contribution in [2.24, 2.45) is 15.9 Å². The minimum atomic E-state index is -1.89. The molecule has 10 heteroatoms. The van der Waals surface area contributed by atoms with E-state index in [1.807, 2.05) is 0 Å². The number of ketones is 2. The second-order valence-electron chi connectivity index (χ2n) is 8.67. The lowest BCUT2D eigenvalue weighted by Gasteiger charge is -2.31. The van der Waals surface area contributed by atoms with Crippen LogP contribution in [0, 0.1) is 16.0 Å². The molecule has 1 rings (SSSR count). The van der Waals surface area contributed by atoms with Gasteiger partial charge in [-0.15, -0.1) is 0 Å². The van der Waals surface area contributed by atoms with Crippen molar-refractivity contribution in [3.8, 4) is 0 Å². The van der Waals surface area contributed by atoms with E-state index in [9.17, 15) is 24.8 Å². The summed E-state index contributed by atoms with van der Waals surface area (Å²) < 4.78 is 0. The molecule has 164 valence electrons. The Hall–Kier alpha value is -2.04. The van der Waals surface area contributed by atoms with Gasteiger partial charge in [-0.3, -0.25) is 19.7 Å². The van der Waals surface area contributed by atoms with Gasteiger partial charge in [-0.25, -0.2) is 0 Å². The van der Waals surface area contributed by atoms with E-state index in [1.165, 1.54) is 26.3 Å². The van der Waals surface area contributed by atoms with E-state index in [2.05, 4.69) is 20.6 Å². The number of aliphatic imine (C=N–C) groups is 2. The first-order valence-corrected chi connectivity index (χ1v) is 9.65. The summed E-state index contributed by atoms with van der Waals surface area (Å²) in [7, 11) is 0. The Morgan fingerprint density at radius 2 is 1.48 bits per heavy atom. The van der Waals surface area contributed by atoms with Gasteiger partial charge in [0.05, 0.1) is 28.5 Å². The van der Waals surface area contributed by atoms with Gasteiger partial charge in [0, 0.05) is 25.5 Å². The third-order valence-electron chi connectivity index (χ3n) is 5.46. The Morgan fingerprint density at radius 1 is 1.07 bits per heavy atom. The highest BCUT2D eigenvalue weighted by molar-refractivity contribution is 6.17. The summed E-state index contributed by atoms with van der Waals surface area (Å²) in [5, 5.41) is 28.3. The van der Waals surface area contributed by atoms with E-state index in [-0.39, 0.29) is 30.3 Å². The number of carbonyl (C=O) groups is 2. The Balaban J connectivity index is 2.85. The highest BCUT2D eigenvalue weighted by atomic mass is 16.6. The van der Waals surface area contributed by atoms with Crippen LogP contribution in [0.15, 0.2) is 9.98 Å². The Bertz CT molecular complexity index is 644. The lowest BCUT2D eigenvalue weighted by Crippen LogP contribution is -2.52. The summed E-state index contributed by atoms with van der Waals surface area (Å²) in [4.78, 5) is 41.9. The molecule has 1 heterocycles. The fourth-order valence-corrected chi connectivity index (χ4v) is 2.68. The number of nitrogens with one attached hydrogen (secondary N) is 2. The van der Waals surface area contributed by atoms with Gasteiger partial charge in [0.15, 0.2) is 0 Å². The quantitative estimate of drug-likeness (QED) is 0.299.